The Morgan fingerprint density at radius 2 is 1.47 bits per heavy atom. The van der Waals surface area contributed by atoms with E-state index in [0.29, 0.717) is 12.5 Å². The summed E-state index contributed by atoms with van der Waals surface area (Å²) in [5, 5.41) is 0.408. The Morgan fingerprint density at radius 1 is 0.912 bits per heavy atom. The lowest BCUT2D eigenvalue weighted by Gasteiger charge is -2.42. The molecule has 200 valence electrons. The van der Waals surface area contributed by atoms with E-state index < -0.39 is 22.0 Å². The second kappa shape index (κ2) is 11.7. The van der Waals surface area contributed by atoms with E-state index in [1.807, 2.05) is 20.8 Å². The fourth-order valence-electron chi connectivity index (χ4n) is 3.63. The highest BCUT2D eigenvalue weighted by molar-refractivity contribution is 6.74. The Labute approximate surface area is 213 Å². The minimum atomic E-state index is -1.92. The smallest absolute Gasteiger partial charge is 0.311 e. The second-order valence-electron chi connectivity index (χ2n) is 14.4. The van der Waals surface area contributed by atoms with Crippen molar-refractivity contribution < 1.29 is 18.4 Å². The monoisotopic (exact) mass is 512 g/mol. The number of hydrogen-bond donors (Lipinski definition) is 0. The standard InChI is InChI=1S/C28H56O4Si2/c1-26(2,3)25(29)30-21-22-17-16-18-23(22)24(32-34(12,13)28(7,8)9)19-14-15-20-31-33(10,11)27(4,5)6/h16-17,22-24H,14-15,18-21H2,1-13H3/t22-,23+,24-/m1/s1. The van der Waals surface area contributed by atoms with Gasteiger partial charge in [0, 0.05) is 18.6 Å². The molecule has 0 aromatic carbocycles. The minimum absolute atomic E-state index is 0.129. The van der Waals surface area contributed by atoms with Crippen LogP contribution in [0.3, 0.4) is 0 Å². The number of hydrogen-bond acceptors (Lipinski definition) is 4. The van der Waals surface area contributed by atoms with Crippen LogP contribution < -0.4 is 0 Å². The predicted octanol–water partition coefficient (Wildman–Crippen LogP) is 8.35. The van der Waals surface area contributed by atoms with E-state index in [2.05, 4.69) is 79.9 Å². The van der Waals surface area contributed by atoms with Gasteiger partial charge in [-0.2, -0.15) is 0 Å². The van der Waals surface area contributed by atoms with Gasteiger partial charge < -0.3 is 13.6 Å². The third kappa shape index (κ3) is 9.22. The largest absolute Gasteiger partial charge is 0.465 e. The quantitative estimate of drug-likeness (QED) is 0.121. The molecule has 0 amide bonds. The molecule has 4 nitrogen and oxygen atoms in total. The maximum atomic E-state index is 12.4. The molecule has 1 aliphatic carbocycles. The van der Waals surface area contributed by atoms with Gasteiger partial charge in [0.05, 0.1) is 12.0 Å². The molecule has 0 aromatic heterocycles. The molecule has 0 aromatic rings. The zero-order valence-electron chi connectivity index (χ0n) is 24.8. The van der Waals surface area contributed by atoms with Crippen LogP contribution >= 0.6 is 0 Å². The van der Waals surface area contributed by atoms with E-state index in [1.165, 1.54) is 0 Å². The molecule has 1 aliphatic rings. The molecule has 1 rings (SSSR count). The summed E-state index contributed by atoms with van der Waals surface area (Å²) in [5.74, 6) is 0.462. The Balaban J connectivity index is 2.84. The van der Waals surface area contributed by atoms with Crippen LogP contribution in [0.2, 0.25) is 36.3 Å². The molecule has 0 unspecified atom stereocenters. The van der Waals surface area contributed by atoms with Gasteiger partial charge in [-0.15, -0.1) is 0 Å². The number of esters is 1. The SMILES string of the molecule is CC(C)(C)C(=O)OC[C@H]1C=CC[C@@H]1[C@@H](CCCCO[Si](C)(C)C(C)(C)C)O[Si](C)(C)C(C)(C)C. The van der Waals surface area contributed by atoms with Crippen molar-refractivity contribution in [1.29, 1.82) is 0 Å². The number of allylic oxidation sites excluding steroid dienone is 1. The van der Waals surface area contributed by atoms with Crippen LogP contribution in [0.4, 0.5) is 0 Å². The van der Waals surface area contributed by atoms with Gasteiger partial charge in [0.15, 0.2) is 16.6 Å². The van der Waals surface area contributed by atoms with Crippen LogP contribution in [0.1, 0.15) is 88.0 Å². The minimum Gasteiger partial charge on any atom is -0.465 e. The molecule has 0 N–H and O–H groups in total. The van der Waals surface area contributed by atoms with Gasteiger partial charge in [-0.25, -0.2) is 0 Å². The van der Waals surface area contributed by atoms with E-state index in [-0.39, 0.29) is 28.1 Å². The van der Waals surface area contributed by atoms with Crippen LogP contribution in [0.15, 0.2) is 12.2 Å². The third-order valence-electron chi connectivity index (χ3n) is 8.24. The Morgan fingerprint density at radius 3 is 1.97 bits per heavy atom. The molecule has 0 spiro atoms. The first-order chi connectivity index (χ1) is 15.2. The highest BCUT2D eigenvalue weighted by Crippen LogP contribution is 2.42. The number of rotatable bonds is 11. The molecule has 34 heavy (non-hydrogen) atoms. The molecule has 3 atom stereocenters. The zero-order valence-corrected chi connectivity index (χ0v) is 26.8. The zero-order chi connectivity index (χ0) is 26.6. The van der Waals surface area contributed by atoms with Crippen molar-refractivity contribution in [2.75, 3.05) is 13.2 Å². The molecule has 0 aliphatic heterocycles. The van der Waals surface area contributed by atoms with Crippen molar-refractivity contribution in [3.8, 4) is 0 Å². The maximum Gasteiger partial charge on any atom is 0.311 e. The lowest BCUT2D eigenvalue weighted by atomic mass is 9.88. The first kappa shape index (κ1) is 31.6. The fraction of sp³-hybridized carbons (Fsp3) is 0.893. The van der Waals surface area contributed by atoms with Crippen LogP contribution in [0, 0.1) is 17.3 Å². The maximum absolute atomic E-state index is 12.4. The molecule has 0 bridgehead atoms. The van der Waals surface area contributed by atoms with E-state index in [4.69, 9.17) is 13.6 Å². The van der Waals surface area contributed by atoms with Gasteiger partial charge in [-0.05, 0) is 88.6 Å². The third-order valence-corrected chi connectivity index (χ3v) is 17.3. The molecule has 6 heteroatoms. The van der Waals surface area contributed by atoms with Gasteiger partial charge in [-0.3, -0.25) is 4.79 Å². The average Bonchev–Trinajstić information content (AvgIpc) is 3.10. The van der Waals surface area contributed by atoms with Gasteiger partial charge in [-0.1, -0.05) is 53.7 Å². The van der Waals surface area contributed by atoms with Crippen LogP contribution in [0.5, 0.6) is 0 Å². The highest BCUT2D eigenvalue weighted by Gasteiger charge is 2.42. The van der Waals surface area contributed by atoms with Crippen molar-refractivity contribution in [3.63, 3.8) is 0 Å². The van der Waals surface area contributed by atoms with Gasteiger partial charge in [0.2, 0.25) is 0 Å². The summed E-state index contributed by atoms with van der Waals surface area (Å²) in [4.78, 5) is 12.4. The van der Waals surface area contributed by atoms with Crippen LogP contribution in [-0.4, -0.2) is 41.9 Å². The van der Waals surface area contributed by atoms with Crippen LogP contribution in [-0.2, 0) is 18.4 Å². The Hall–Kier alpha value is -0.436. The number of carbonyl (C=O) groups excluding carboxylic acids is 1. The second-order valence-corrected chi connectivity index (χ2v) is 23.9. The number of unbranched alkanes of at least 4 members (excludes halogenated alkanes) is 1. The summed E-state index contributed by atoms with van der Waals surface area (Å²) in [7, 11) is -3.62. The topological polar surface area (TPSA) is 44.8 Å². The van der Waals surface area contributed by atoms with Gasteiger partial charge in [0.1, 0.15) is 0 Å². The fourth-order valence-corrected chi connectivity index (χ4v) is 6.12. The van der Waals surface area contributed by atoms with E-state index >= 15 is 0 Å². The summed E-state index contributed by atoms with van der Waals surface area (Å²) in [5.41, 5.74) is -0.473. The van der Waals surface area contributed by atoms with Crippen molar-refractivity contribution in [3.05, 3.63) is 12.2 Å². The highest BCUT2D eigenvalue weighted by atomic mass is 28.4. The molecule has 0 radical (unpaired) electrons. The van der Waals surface area contributed by atoms with Crippen molar-refractivity contribution >= 4 is 22.6 Å². The van der Waals surface area contributed by atoms with E-state index in [0.717, 1.165) is 32.3 Å². The average molecular weight is 513 g/mol. The van der Waals surface area contributed by atoms with Crippen molar-refractivity contribution in [1.82, 2.24) is 0 Å². The summed E-state index contributed by atoms with van der Waals surface area (Å²) in [6, 6.07) is 0. The van der Waals surface area contributed by atoms with Crippen LogP contribution in [0.25, 0.3) is 0 Å². The summed E-state index contributed by atoms with van der Waals surface area (Å²) in [6.07, 6.45) is 8.86. The lowest BCUT2D eigenvalue weighted by molar-refractivity contribution is -0.154. The summed E-state index contributed by atoms with van der Waals surface area (Å²) in [6.45, 7) is 30.1. The normalized spacial score (nSPS) is 21.1. The Bertz CT molecular complexity index is 678. The summed E-state index contributed by atoms with van der Waals surface area (Å²) >= 11 is 0. The first-order valence-corrected chi connectivity index (χ1v) is 19.2. The van der Waals surface area contributed by atoms with Gasteiger partial charge >= 0.3 is 5.97 Å². The van der Waals surface area contributed by atoms with Gasteiger partial charge in [0.25, 0.3) is 0 Å². The lowest BCUT2D eigenvalue weighted by Crippen LogP contribution is -2.46. The first-order valence-electron chi connectivity index (χ1n) is 13.3. The van der Waals surface area contributed by atoms with Crippen molar-refractivity contribution in [2.45, 2.75) is 130 Å². The molecular weight excluding hydrogens is 456 g/mol. The van der Waals surface area contributed by atoms with Crippen molar-refractivity contribution in [2.24, 2.45) is 17.3 Å². The molecule has 0 saturated carbocycles. The molecule has 0 heterocycles. The van der Waals surface area contributed by atoms with E-state index in [9.17, 15) is 4.79 Å². The molecule has 0 fully saturated rings. The molecular formula is C28H56O4Si2. The predicted molar refractivity (Wildman–Crippen MR) is 150 cm³/mol. The number of carbonyl (C=O) groups is 1. The molecule has 0 saturated heterocycles. The summed E-state index contributed by atoms with van der Waals surface area (Å²) < 4.78 is 19.2. The van der Waals surface area contributed by atoms with E-state index in [1.54, 1.807) is 0 Å². The number of ether oxygens (including phenoxy) is 1. The Kier molecular flexibility index (Phi) is 10.9.